The molecule has 0 aromatic carbocycles. The molecule has 3 heteroatoms. The Morgan fingerprint density at radius 3 is 2.93 bits per heavy atom. The van der Waals surface area contributed by atoms with Gasteiger partial charge >= 0.3 is 5.97 Å². The van der Waals surface area contributed by atoms with Gasteiger partial charge in [0, 0.05) is 12.4 Å². The maximum atomic E-state index is 10.5. The lowest BCUT2D eigenvalue weighted by atomic mass is 10.0. The minimum absolute atomic E-state index is 0.0736. The minimum atomic E-state index is -0.799. The predicted molar refractivity (Wildman–Crippen MR) is 59.4 cm³/mol. The van der Waals surface area contributed by atoms with E-state index in [2.05, 4.69) is 11.9 Å². The molecular formula is C12H15NO2. The van der Waals surface area contributed by atoms with Crippen molar-refractivity contribution in [1.82, 2.24) is 4.98 Å². The number of carbonyl (C=O) groups is 1. The Labute approximate surface area is 89.5 Å². The number of hydrogen-bond acceptors (Lipinski definition) is 2. The lowest BCUT2D eigenvalue weighted by molar-refractivity contribution is -0.135. The van der Waals surface area contributed by atoms with Crippen LogP contribution >= 0.6 is 0 Å². The van der Waals surface area contributed by atoms with Crippen molar-refractivity contribution in [2.75, 3.05) is 0 Å². The summed E-state index contributed by atoms with van der Waals surface area (Å²) < 4.78 is 0. The van der Waals surface area contributed by atoms with E-state index in [0.717, 1.165) is 24.0 Å². The van der Waals surface area contributed by atoms with E-state index >= 15 is 0 Å². The molecule has 15 heavy (non-hydrogen) atoms. The number of rotatable bonds is 5. The minimum Gasteiger partial charge on any atom is -0.481 e. The van der Waals surface area contributed by atoms with Crippen molar-refractivity contribution < 1.29 is 9.90 Å². The summed E-state index contributed by atoms with van der Waals surface area (Å²) in [5.74, 6) is -0.799. The highest BCUT2D eigenvalue weighted by Gasteiger charge is 2.01. The molecule has 0 fully saturated rings. The molecule has 1 aromatic heterocycles. The normalized spacial score (nSPS) is 11.4. The predicted octanol–water partition coefficient (Wildman–Crippen LogP) is 2.74. The summed E-state index contributed by atoms with van der Waals surface area (Å²) in [6.07, 6.45) is 7.21. The second-order valence-corrected chi connectivity index (χ2v) is 3.32. The number of carboxylic acid groups (broad SMARTS) is 1. The molecule has 1 aromatic rings. The van der Waals surface area contributed by atoms with Crippen LogP contribution in [-0.2, 0) is 4.79 Å². The largest absolute Gasteiger partial charge is 0.481 e. The molecule has 0 atom stereocenters. The number of aromatic nitrogens is 1. The van der Waals surface area contributed by atoms with Gasteiger partial charge in [-0.15, -0.1) is 0 Å². The highest BCUT2D eigenvalue weighted by atomic mass is 16.4. The third-order valence-corrected chi connectivity index (χ3v) is 2.07. The fourth-order valence-corrected chi connectivity index (χ4v) is 1.40. The first kappa shape index (κ1) is 11.4. The fourth-order valence-electron chi connectivity index (χ4n) is 1.40. The third-order valence-electron chi connectivity index (χ3n) is 2.07. The molecule has 1 heterocycles. The van der Waals surface area contributed by atoms with Crippen molar-refractivity contribution in [1.29, 1.82) is 0 Å². The second-order valence-electron chi connectivity index (χ2n) is 3.32. The molecule has 0 aliphatic carbocycles. The maximum absolute atomic E-state index is 10.5. The van der Waals surface area contributed by atoms with Gasteiger partial charge in [0.05, 0.1) is 6.42 Å². The van der Waals surface area contributed by atoms with Crippen LogP contribution in [0.2, 0.25) is 0 Å². The average Bonchev–Trinajstić information content (AvgIpc) is 2.25. The molecule has 0 bridgehead atoms. The quantitative estimate of drug-likeness (QED) is 0.804. The Morgan fingerprint density at radius 1 is 1.60 bits per heavy atom. The van der Waals surface area contributed by atoms with E-state index in [9.17, 15) is 4.79 Å². The van der Waals surface area contributed by atoms with Crippen molar-refractivity contribution in [2.24, 2.45) is 0 Å². The zero-order valence-corrected chi connectivity index (χ0v) is 8.81. The van der Waals surface area contributed by atoms with E-state index in [1.54, 1.807) is 18.5 Å². The zero-order valence-electron chi connectivity index (χ0n) is 8.81. The third kappa shape index (κ3) is 3.94. The van der Waals surface area contributed by atoms with Gasteiger partial charge < -0.3 is 5.11 Å². The summed E-state index contributed by atoms with van der Waals surface area (Å²) in [4.78, 5) is 14.5. The van der Waals surface area contributed by atoms with Gasteiger partial charge in [-0.3, -0.25) is 9.78 Å². The number of allylic oxidation sites excluding steroid dienone is 1. The standard InChI is InChI=1S/C12H15NO2/c1-2-4-10(6-7-12(14)15)11-5-3-8-13-9-11/h3,5-6,8-9H,2,4,7H2,1H3,(H,14,15)/b10-6+. The summed E-state index contributed by atoms with van der Waals surface area (Å²) in [5.41, 5.74) is 2.08. The summed E-state index contributed by atoms with van der Waals surface area (Å²) >= 11 is 0. The number of aliphatic carboxylic acids is 1. The summed E-state index contributed by atoms with van der Waals surface area (Å²) in [7, 11) is 0. The van der Waals surface area contributed by atoms with Gasteiger partial charge in [-0.1, -0.05) is 25.5 Å². The molecule has 0 saturated heterocycles. The highest BCUT2D eigenvalue weighted by molar-refractivity contribution is 5.74. The first-order valence-corrected chi connectivity index (χ1v) is 5.05. The molecule has 3 nitrogen and oxygen atoms in total. The Balaban J connectivity index is 2.83. The van der Waals surface area contributed by atoms with Crippen molar-refractivity contribution in [3.63, 3.8) is 0 Å². The van der Waals surface area contributed by atoms with Crippen LogP contribution in [-0.4, -0.2) is 16.1 Å². The molecule has 80 valence electrons. The Morgan fingerprint density at radius 2 is 2.40 bits per heavy atom. The summed E-state index contributed by atoms with van der Waals surface area (Å²) in [6, 6.07) is 3.82. The fraction of sp³-hybridized carbons (Fsp3) is 0.333. The monoisotopic (exact) mass is 205 g/mol. The van der Waals surface area contributed by atoms with Gasteiger partial charge in [0.1, 0.15) is 0 Å². The molecule has 0 aliphatic heterocycles. The SMILES string of the molecule is CCC/C(=C\CC(=O)O)c1cccnc1. The smallest absolute Gasteiger partial charge is 0.307 e. The topological polar surface area (TPSA) is 50.2 Å². The van der Waals surface area contributed by atoms with Crippen LogP contribution in [0, 0.1) is 0 Å². The van der Waals surface area contributed by atoms with E-state index in [1.165, 1.54) is 0 Å². The van der Waals surface area contributed by atoms with E-state index in [-0.39, 0.29) is 6.42 Å². The number of hydrogen-bond donors (Lipinski definition) is 1. The van der Waals surface area contributed by atoms with Gasteiger partial charge in [0.25, 0.3) is 0 Å². The van der Waals surface area contributed by atoms with E-state index in [1.807, 2.05) is 12.1 Å². The van der Waals surface area contributed by atoms with Crippen LogP contribution in [0.15, 0.2) is 30.6 Å². The molecule has 1 rings (SSSR count). The molecule has 0 aliphatic rings. The van der Waals surface area contributed by atoms with E-state index in [0.29, 0.717) is 0 Å². The number of carboxylic acids is 1. The lowest BCUT2D eigenvalue weighted by Crippen LogP contribution is -1.93. The first-order valence-electron chi connectivity index (χ1n) is 5.05. The van der Waals surface area contributed by atoms with Crippen LogP contribution in [0.1, 0.15) is 31.7 Å². The molecule has 0 amide bonds. The molecule has 1 N–H and O–H groups in total. The molecule has 0 unspecified atom stereocenters. The first-order chi connectivity index (χ1) is 7.24. The summed E-state index contributed by atoms with van der Waals surface area (Å²) in [6.45, 7) is 2.07. The molecule has 0 spiro atoms. The van der Waals surface area contributed by atoms with E-state index < -0.39 is 5.97 Å². The van der Waals surface area contributed by atoms with Crippen LogP contribution in [0.5, 0.6) is 0 Å². The number of nitrogens with zero attached hydrogens (tertiary/aromatic N) is 1. The van der Waals surface area contributed by atoms with Crippen molar-refractivity contribution >= 4 is 11.5 Å². The lowest BCUT2D eigenvalue weighted by Gasteiger charge is -2.04. The molecule has 0 radical (unpaired) electrons. The van der Waals surface area contributed by atoms with Crippen molar-refractivity contribution in [3.05, 3.63) is 36.2 Å². The van der Waals surface area contributed by atoms with Crippen LogP contribution in [0.4, 0.5) is 0 Å². The Kier molecular flexibility index (Phi) is 4.54. The van der Waals surface area contributed by atoms with Gasteiger partial charge in [-0.25, -0.2) is 0 Å². The van der Waals surface area contributed by atoms with Gasteiger partial charge in [0.15, 0.2) is 0 Å². The van der Waals surface area contributed by atoms with Gasteiger partial charge in [-0.05, 0) is 23.6 Å². The Bertz CT molecular complexity index is 344. The van der Waals surface area contributed by atoms with E-state index in [4.69, 9.17) is 5.11 Å². The van der Waals surface area contributed by atoms with Crippen LogP contribution < -0.4 is 0 Å². The van der Waals surface area contributed by atoms with Crippen LogP contribution in [0.3, 0.4) is 0 Å². The van der Waals surface area contributed by atoms with Crippen LogP contribution in [0.25, 0.3) is 5.57 Å². The average molecular weight is 205 g/mol. The van der Waals surface area contributed by atoms with Gasteiger partial charge in [-0.2, -0.15) is 0 Å². The molecular weight excluding hydrogens is 190 g/mol. The molecule has 0 saturated carbocycles. The Hall–Kier alpha value is -1.64. The summed E-state index contributed by atoms with van der Waals surface area (Å²) in [5, 5.41) is 8.62. The van der Waals surface area contributed by atoms with Crippen molar-refractivity contribution in [3.8, 4) is 0 Å². The van der Waals surface area contributed by atoms with Gasteiger partial charge in [0.2, 0.25) is 0 Å². The highest BCUT2D eigenvalue weighted by Crippen LogP contribution is 2.19. The number of pyridine rings is 1. The second kappa shape index (κ2) is 5.96. The maximum Gasteiger partial charge on any atom is 0.307 e. The van der Waals surface area contributed by atoms with Crippen molar-refractivity contribution in [2.45, 2.75) is 26.2 Å². The zero-order chi connectivity index (χ0) is 11.1.